The molecule has 0 aliphatic heterocycles. The molecule has 0 aromatic carbocycles. The molecular formula is C13H14Cl2N2O3. The molecule has 2 rings (SSSR count). The van der Waals surface area contributed by atoms with Crippen LogP contribution < -0.4 is 5.32 Å². The van der Waals surface area contributed by atoms with Gasteiger partial charge < -0.3 is 10.4 Å². The Balaban J connectivity index is 2.19. The van der Waals surface area contributed by atoms with E-state index >= 15 is 0 Å². The van der Waals surface area contributed by atoms with Crippen LogP contribution in [0.4, 0.5) is 0 Å². The Hall–Kier alpha value is -1.33. The van der Waals surface area contributed by atoms with Gasteiger partial charge in [-0.15, -0.1) is 0 Å². The number of carboxylic acids is 1. The highest BCUT2D eigenvalue weighted by molar-refractivity contribution is 6.35. The van der Waals surface area contributed by atoms with Crippen LogP contribution in [-0.4, -0.2) is 28.0 Å². The van der Waals surface area contributed by atoms with E-state index in [9.17, 15) is 14.7 Å². The molecule has 1 aromatic rings. The van der Waals surface area contributed by atoms with Gasteiger partial charge in [0, 0.05) is 12.2 Å². The van der Waals surface area contributed by atoms with E-state index in [0.717, 1.165) is 6.42 Å². The number of hydrogen-bond donors (Lipinski definition) is 2. The number of carbonyl (C=O) groups excluding carboxylic acids is 1. The summed E-state index contributed by atoms with van der Waals surface area (Å²) in [5.74, 6) is -1.34. The first-order chi connectivity index (χ1) is 9.34. The predicted octanol–water partition coefficient (Wildman–Crippen LogP) is 2.76. The van der Waals surface area contributed by atoms with Gasteiger partial charge in [0.1, 0.15) is 5.15 Å². The van der Waals surface area contributed by atoms with E-state index < -0.39 is 23.3 Å². The van der Waals surface area contributed by atoms with Crippen LogP contribution in [0.1, 0.15) is 36.5 Å². The maximum atomic E-state index is 12.2. The fourth-order valence-corrected chi connectivity index (χ4v) is 2.82. The number of nitrogens with one attached hydrogen (secondary N) is 1. The molecule has 2 N–H and O–H groups in total. The van der Waals surface area contributed by atoms with Crippen molar-refractivity contribution in [3.8, 4) is 0 Å². The van der Waals surface area contributed by atoms with Crippen LogP contribution in [0.5, 0.6) is 0 Å². The number of rotatable bonds is 3. The third-order valence-corrected chi connectivity index (χ3v) is 4.33. The monoisotopic (exact) mass is 316 g/mol. The highest BCUT2D eigenvalue weighted by Crippen LogP contribution is 2.38. The summed E-state index contributed by atoms with van der Waals surface area (Å²) in [5.41, 5.74) is -0.745. The Morgan fingerprint density at radius 2 is 2.20 bits per heavy atom. The summed E-state index contributed by atoms with van der Waals surface area (Å²) in [7, 11) is 0. The number of amides is 1. The maximum Gasteiger partial charge on any atom is 0.311 e. The van der Waals surface area contributed by atoms with E-state index in [0.29, 0.717) is 12.8 Å². The molecule has 2 atom stereocenters. The summed E-state index contributed by atoms with van der Waals surface area (Å²) in [5, 5.41) is 12.4. The van der Waals surface area contributed by atoms with Crippen LogP contribution >= 0.6 is 23.2 Å². The first-order valence-electron chi connectivity index (χ1n) is 6.20. The van der Waals surface area contributed by atoms with Crippen LogP contribution in [0.25, 0.3) is 0 Å². The van der Waals surface area contributed by atoms with Gasteiger partial charge in [-0.3, -0.25) is 9.59 Å². The van der Waals surface area contributed by atoms with Crippen molar-refractivity contribution in [1.82, 2.24) is 10.3 Å². The Bertz CT molecular complexity index is 565. The lowest BCUT2D eigenvalue weighted by atomic mass is 9.85. The van der Waals surface area contributed by atoms with Gasteiger partial charge >= 0.3 is 5.97 Å². The Morgan fingerprint density at radius 1 is 1.50 bits per heavy atom. The quantitative estimate of drug-likeness (QED) is 0.840. The lowest BCUT2D eigenvalue weighted by Gasteiger charge is -2.27. The molecule has 0 saturated heterocycles. The Labute approximate surface area is 126 Å². The molecule has 1 fully saturated rings. The average molecular weight is 317 g/mol. The van der Waals surface area contributed by atoms with Gasteiger partial charge in [-0.25, -0.2) is 4.98 Å². The highest BCUT2D eigenvalue weighted by atomic mass is 35.5. The van der Waals surface area contributed by atoms with Crippen molar-refractivity contribution in [2.45, 2.75) is 32.2 Å². The van der Waals surface area contributed by atoms with Gasteiger partial charge in [0.25, 0.3) is 5.91 Å². The summed E-state index contributed by atoms with van der Waals surface area (Å²) in [6.45, 7) is 1.65. The molecule has 7 heteroatoms. The van der Waals surface area contributed by atoms with Gasteiger partial charge in [-0.05, 0) is 25.8 Å². The molecular weight excluding hydrogens is 303 g/mol. The second-order valence-corrected chi connectivity index (χ2v) is 5.92. The van der Waals surface area contributed by atoms with E-state index in [1.807, 2.05) is 0 Å². The zero-order valence-electron chi connectivity index (χ0n) is 10.8. The van der Waals surface area contributed by atoms with Gasteiger partial charge in [0.15, 0.2) is 0 Å². The predicted molar refractivity (Wildman–Crippen MR) is 75.1 cm³/mol. The minimum absolute atomic E-state index is 0.159. The number of carbonyl (C=O) groups is 2. The normalized spacial score (nSPS) is 25.4. The molecule has 1 heterocycles. The number of carboxylic acid groups (broad SMARTS) is 1. The Kier molecular flexibility index (Phi) is 4.20. The smallest absolute Gasteiger partial charge is 0.311 e. The van der Waals surface area contributed by atoms with E-state index in [-0.39, 0.29) is 15.7 Å². The number of nitrogens with zero attached hydrogens (tertiary/aromatic N) is 1. The molecule has 1 amide bonds. The summed E-state index contributed by atoms with van der Waals surface area (Å²) in [4.78, 5) is 27.3. The van der Waals surface area contributed by atoms with Gasteiger partial charge in [-0.2, -0.15) is 0 Å². The first-order valence-corrected chi connectivity index (χ1v) is 6.95. The van der Waals surface area contributed by atoms with E-state index in [1.165, 1.54) is 12.3 Å². The average Bonchev–Trinajstić information content (AvgIpc) is 2.75. The molecule has 0 bridgehead atoms. The molecule has 1 saturated carbocycles. The summed E-state index contributed by atoms with van der Waals surface area (Å²) >= 11 is 11.7. The topological polar surface area (TPSA) is 79.3 Å². The largest absolute Gasteiger partial charge is 0.481 e. The third-order valence-electron chi connectivity index (χ3n) is 3.82. The summed E-state index contributed by atoms with van der Waals surface area (Å²) in [6.07, 6.45) is 3.23. The SMILES string of the molecule is CC1(C(=O)O)CCCC1NC(=O)c1cc(Cl)ncc1Cl. The second-order valence-electron chi connectivity index (χ2n) is 5.13. The third kappa shape index (κ3) is 2.74. The van der Waals surface area contributed by atoms with Gasteiger partial charge in [0.2, 0.25) is 0 Å². The molecule has 108 valence electrons. The standard InChI is InChI=1S/C13H14Cl2N2O3/c1-13(12(19)20)4-2-3-9(13)17-11(18)7-5-10(15)16-6-8(7)14/h5-6,9H,2-4H2,1H3,(H,17,18)(H,19,20). The lowest BCUT2D eigenvalue weighted by molar-refractivity contribution is -0.148. The van der Waals surface area contributed by atoms with Crippen molar-refractivity contribution in [3.63, 3.8) is 0 Å². The molecule has 5 nitrogen and oxygen atoms in total. The van der Waals surface area contributed by atoms with Crippen molar-refractivity contribution in [2.24, 2.45) is 5.41 Å². The number of hydrogen-bond acceptors (Lipinski definition) is 3. The number of pyridine rings is 1. The summed E-state index contributed by atoms with van der Waals surface area (Å²) < 4.78 is 0. The molecule has 1 aliphatic carbocycles. The highest BCUT2D eigenvalue weighted by Gasteiger charge is 2.46. The molecule has 0 spiro atoms. The molecule has 0 radical (unpaired) electrons. The Morgan fingerprint density at radius 3 is 2.85 bits per heavy atom. The zero-order chi connectivity index (χ0) is 14.9. The van der Waals surface area contributed by atoms with Gasteiger partial charge in [-0.1, -0.05) is 29.6 Å². The van der Waals surface area contributed by atoms with Crippen LogP contribution in [0.3, 0.4) is 0 Å². The number of aromatic nitrogens is 1. The van der Waals surface area contributed by atoms with Crippen LogP contribution in [-0.2, 0) is 4.79 Å². The molecule has 20 heavy (non-hydrogen) atoms. The van der Waals surface area contributed by atoms with Crippen LogP contribution in [0.2, 0.25) is 10.2 Å². The van der Waals surface area contributed by atoms with Crippen molar-refractivity contribution in [1.29, 1.82) is 0 Å². The molecule has 1 aliphatic rings. The molecule has 1 aromatic heterocycles. The minimum atomic E-state index is -0.945. The number of halogens is 2. The van der Waals surface area contributed by atoms with Crippen LogP contribution in [0, 0.1) is 5.41 Å². The second kappa shape index (κ2) is 5.58. The van der Waals surface area contributed by atoms with E-state index in [4.69, 9.17) is 23.2 Å². The maximum absolute atomic E-state index is 12.2. The van der Waals surface area contributed by atoms with E-state index in [2.05, 4.69) is 10.3 Å². The number of aliphatic carboxylic acids is 1. The summed E-state index contributed by atoms with van der Waals surface area (Å²) in [6, 6.07) is 0.947. The van der Waals surface area contributed by atoms with E-state index in [1.54, 1.807) is 6.92 Å². The van der Waals surface area contributed by atoms with Crippen molar-refractivity contribution < 1.29 is 14.7 Å². The minimum Gasteiger partial charge on any atom is -0.481 e. The lowest BCUT2D eigenvalue weighted by Crippen LogP contribution is -2.47. The van der Waals surface area contributed by atoms with Crippen molar-refractivity contribution >= 4 is 35.1 Å². The van der Waals surface area contributed by atoms with Crippen LogP contribution in [0.15, 0.2) is 12.3 Å². The first kappa shape index (κ1) is 15.1. The fraction of sp³-hybridized carbons (Fsp3) is 0.462. The van der Waals surface area contributed by atoms with Gasteiger partial charge in [0.05, 0.1) is 16.0 Å². The molecule has 2 unspecified atom stereocenters. The van der Waals surface area contributed by atoms with Crippen molar-refractivity contribution in [3.05, 3.63) is 28.0 Å². The zero-order valence-corrected chi connectivity index (χ0v) is 12.3. The van der Waals surface area contributed by atoms with Crippen molar-refractivity contribution in [2.75, 3.05) is 0 Å². The fourth-order valence-electron chi connectivity index (χ4n) is 2.48.